The highest BCUT2D eigenvalue weighted by atomic mass is 32.1. The van der Waals surface area contributed by atoms with Crippen molar-refractivity contribution in [1.29, 1.82) is 0 Å². The fourth-order valence-corrected chi connectivity index (χ4v) is 6.27. The highest BCUT2D eigenvalue weighted by Gasteiger charge is 2.24. The third kappa shape index (κ3) is 5.29. The maximum Gasteiger partial charge on any atom is 0.341 e. The molecule has 0 aliphatic heterocycles. The third-order valence-corrected chi connectivity index (χ3v) is 7.99. The summed E-state index contributed by atoms with van der Waals surface area (Å²) in [5.74, 6) is -2.28. The highest BCUT2D eigenvalue weighted by Crippen LogP contribution is 2.37. The summed E-state index contributed by atoms with van der Waals surface area (Å²) in [5, 5.41) is 7.49. The van der Waals surface area contributed by atoms with Crippen LogP contribution in [0, 0.1) is 0 Å². The number of esters is 2. The van der Waals surface area contributed by atoms with Gasteiger partial charge in [0.2, 0.25) is 0 Å². The van der Waals surface area contributed by atoms with E-state index in [0.29, 0.717) is 20.8 Å². The molecule has 2 N–H and O–H groups in total. The van der Waals surface area contributed by atoms with Crippen LogP contribution in [0.2, 0.25) is 0 Å². The number of aromatic nitrogens is 1. The number of rotatable bonds is 8. The molecule has 9 nitrogen and oxygen atoms in total. The average Bonchev–Trinajstić information content (AvgIpc) is 3.50. The van der Waals surface area contributed by atoms with Gasteiger partial charge >= 0.3 is 11.9 Å². The van der Waals surface area contributed by atoms with Crippen LogP contribution in [-0.2, 0) is 9.47 Å². The van der Waals surface area contributed by atoms with Gasteiger partial charge in [0.25, 0.3) is 11.8 Å². The summed E-state index contributed by atoms with van der Waals surface area (Å²) in [5.41, 5.74) is 0.477. The SMILES string of the molecule is CCOC(=O)c1c(NC(=O)c2cccc(C(=O)Nc3sc4ccccc4c3C(=O)OCC)n2)sc2ccccc12. The Morgan fingerprint density at radius 1 is 0.650 bits per heavy atom. The molecule has 0 fully saturated rings. The van der Waals surface area contributed by atoms with Crippen molar-refractivity contribution in [1.82, 2.24) is 4.98 Å². The quantitative estimate of drug-likeness (QED) is 0.207. The van der Waals surface area contributed by atoms with Crippen LogP contribution in [0.25, 0.3) is 20.2 Å². The van der Waals surface area contributed by atoms with E-state index in [0.717, 1.165) is 9.40 Å². The van der Waals surface area contributed by atoms with E-state index in [9.17, 15) is 19.2 Å². The Kier molecular flexibility index (Phi) is 7.85. The molecule has 5 rings (SSSR count). The summed E-state index contributed by atoms with van der Waals surface area (Å²) in [7, 11) is 0. The molecule has 2 aromatic carbocycles. The minimum absolute atomic E-state index is 0.0260. The summed E-state index contributed by atoms with van der Waals surface area (Å²) >= 11 is 2.48. The van der Waals surface area contributed by atoms with Gasteiger partial charge in [-0.05, 0) is 38.1 Å². The molecule has 0 bridgehead atoms. The first-order valence-corrected chi connectivity index (χ1v) is 14.0. The van der Waals surface area contributed by atoms with E-state index in [-0.39, 0.29) is 35.7 Å². The average molecular weight is 574 g/mol. The summed E-state index contributed by atoms with van der Waals surface area (Å²) in [6.07, 6.45) is 0. The molecule has 202 valence electrons. The van der Waals surface area contributed by atoms with Crippen LogP contribution in [0.5, 0.6) is 0 Å². The van der Waals surface area contributed by atoms with Gasteiger partial charge in [0.05, 0.1) is 13.2 Å². The predicted octanol–water partition coefficient (Wildman–Crippen LogP) is 6.37. The number of carbonyl (C=O) groups excluding carboxylic acids is 4. The molecule has 11 heteroatoms. The standard InChI is InChI=1S/C29H23N3O6S2/c1-3-37-28(35)22-16-10-5-7-14-20(16)39-26(22)31-24(33)18-12-9-13-19(30-18)25(34)32-27-23(29(36)38-4-2)17-11-6-8-15-21(17)40-27/h5-15H,3-4H2,1-2H3,(H,31,33)(H,32,34). The van der Waals surface area contributed by atoms with Gasteiger partial charge in [0, 0.05) is 20.2 Å². The van der Waals surface area contributed by atoms with Gasteiger partial charge < -0.3 is 20.1 Å². The molecule has 2 amide bonds. The number of pyridine rings is 1. The molecule has 0 saturated carbocycles. The Bertz CT molecular complexity index is 1650. The Balaban J connectivity index is 1.41. The lowest BCUT2D eigenvalue weighted by Gasteiger charge is -2.08. The molecule has 3 aromatic heterocycles. The van der Waals surface area contributed by atoms with Gasteiger partial charge in [-0.25, -0.2) is 14.6 Å². The van der Waals surface area contributed by atoms with Gasteiger partial charge in [-0.15, -0.1) is 22.7 Å². The highest BCUT2D eigenvalue weighted by molar-refractivity contribution is 7.24. The van der Waals surface area contributed by atoms with Gasteiger partial charge in [-0.3, -0.25) is 9.59 Å². The Labute approximate surface area is 236 Å². The number of amides is 2. The van der Waals surface area contributed by atoms with E-state index in [1.165, 1.54) is 40.9 Å². The number of hydrogen-bond acceptors (Lipinski definition) is 9. The minimum Gasteiger partial charge on any atom is -0.462 e. The number of anilines is 2. The van der Waals surface area contributed by atoms with Crippen molar-refractivity contribution >= 4 is 76.6 Å². The maximum atomic E-state index is 13.2. The Hall–Kier alpha value is -4.61. The summed E-state index contributed by atoms with van der Waals surface area (Å²) in [6.45, 7) is 3.79. The number of fused-ring (bicyclic) bond motifs is 2. The number of thiophene rings is 2. The largest absolute Gasteiger partial charge is 0.462 e. The molecule has 0 saturated heterocycles. The van der Waals surface area contributed by atoms with E-state index >= 15 is 0 Å². The van der Waals surface area contributed by atoms with Gasteiger partial charge in [-0.1, -0.05) is 42.5 Å². The molecule has 0 radical (unpaired) electrons. The number of benzene rings is 2. The molecule has 40 heavy (non-hydrogen) atoms. The van der Waals surface area contributed by atoms with Gasteiger partial charge in [0.15, 0.2) is 0 Å². The molecule has 0 atom stereocenters. The van der Waals surface area contributed by atoms with Crippen LogP contribution in [0.1, 0.15) is 55.5 Å². The number of nitrogens with one attached hydrogen (secondary N) is 2. The Morgan fingerprint density at radius 2 is 1.07 bits per heavy atom. The lowest BCUT2D eigenvalue weighted by atomic mass is 10.1. The molecular formula is C29H23N3O6S2. The predicted molar refractivity (Wildman–Crippen MR) is 156 cm³/mol. The molecule has 3 heterocycles. The van der Waals surface area contributed by atoms with Crippen molar-refractivity contribution in [2.75, 3.05) is 23.8 Å². The van der Waals surface area contributed by atoms with Crippen molar-refractivity contribution in [2.45, 2.75) is 13.8 Å². The monoisotopic (exact) mass is 573 g/mol. The fourth-order valence-electron chi connectivity index (χ4n) is 4.10. The lowest BCUT2D eigenvalue weighted by molar-refractivity contribution is 0.0520. The molecule has 5 aromatic rings. The second kappa shape index (κ2) is 11.6. The fraction of sp³-hybridized carbons (Fsp3) is 0.138. The van der Waals surface area contributed by atoms with Crippen LogP contribution >= 0.6 is 22.7 Å². The molecule has 0 spiro atoms. The van der Waals surface area contributed by atoms with Crippen LogP contribution in [0.4, 0.5) is 10.0 Å². The number of carbonyl (C=O) groups is 4. The summed E-state index contributed by atoms with van der Waals surface area (Å²) < 4.78 is 12.0. The number of hydrogen-bond donors (Lipinski definition) is 2. The van der Waals surface area contributed by atoms with Crippen molar-refractivity contribution in [3.63, 3.8) is 0 Å². The Morgan fingerprint density at radius 3 is 1.50 bits per heavy atom. The molecule has 0 aliphatic carbocycles. The first kappa shape index (κ1) is 27.0. The minimum atomic E-state index is -0.596. The van der Waals surface area contributed by atoms with Crippen molar-refractivity contribution in [3.8, 4) is 0 Å². The first-order chi connectivity index (χ1) is 19.4. The summed E-state index contributed by atoms with van der Waals surface area (Å²) in [6, 6.07) is 19.0. The van der Waals surface area contributed by atoms with Crippen molar-refractivity contribution in [3.05, 3.63) is 89.2 Å². The second-order valence-electron chi connectivity index (χ2n) is 8.36. The normalized spacial score (nSPS) is 10.8. The van der Waals surface area contributed by atoms with Gasteiger partial charge in [0.1, 0.15) is 32.5 Å². The second-order valence-corrected chi connectivity index (χ2v) is 10.5. The van der Waals surface area contributed by atoms with Crippen LogP contribution in [-0.4, -0.2) is 42.0 Å². The van der Waals surface area contributed by atoms with Crippen LogP contribution < -0.4 is 10.6 Å². The molecule has 0 aliphatic rings. The topological polar surface area (TPSA) is 124 Å². The smallest absolute Gasteiger partial charge is 0.341 e. The maximum absolute atomic E-state index is 13.2. The zero-order valence-electron chi connectivity index (χ0n) is 21.5. The van der Waals surface area contributed by atoms with Crippen molar-refractivity contribution < 1.29 is 28.7 Å². The first-order valence-electron chi connectivity index (χ1n) is 12.4. The molecular weight excluding hydrogens is 550 g/mol. The van der Waals surface area contributed by atoms with Crippen LogP contribution in [0.15, 0.2) is 66.7 Å². The number of nitrogens with zero attached hydrogens (tertiary/aromatic N) is 1. The van der Waals surface area contributed by atoms with Gasteiger partial charge in [-0.2, -0.15) is 0 Å². The van der Waals surface area contributed by atoms with E-state index in [1.54, 1.807) is 38.1 Å². The van der Waals surface area contributed by atoms with E-state index in [2.05, 4.69) is 15.6 Å². The zero-order chi connectivity index (χ0) is 28.2. The number of ether oxygens (including phenoxy) is 2. The third-order valence-electron chi connectivity index (χ3n) is 5.82. The zero-order valence-corrected chi connectivity index (χ0v) is 23.1. The van der Waals surface area contributed by atoms with E-state index in [4.69, 9.17) is 9.47 Å². The van der Waals surface area contributed by atoms with Crippen LogP contribution in [0.3, 0.4) is 0 Å². The summed E-state index contributed by atoms with van der Waals surface area (Å²) in [4.78, 5) is 56.0. The van der Waals surface area contributed by atoms with E-state index < -0.39 is 23.8 Å². The molecule has 0 unspecified atom stereocenters. The van der Waals surface area contributed by atoms with Crippen molar-refractivity contribution in [2.24, 2.45) is 0 Å². The lowest BCUT2D eigenvalue weighted by Crippen LogP contribution is -2.19. The van der Waals surface area contributed by atoms with E-state index in [1.807, 2.05) is 24.3 Å².